The second-order valence-electron chi connectivity index (χ2n) is 5.43. The van der Waals surface area contributed by atoms with Crippen molar-refractivity contribution in [2.45, 2.75) is 17.9 Å². The van der Waals surface area contributed by atoms with E-state index < -0.39 is 56.5 Å². The lowest BCUT2D eigenvalue weighted by molar-refractivity contribution is 0.102. The Morgan fingerprint density at radius 3 is 2.35 bits per heavy atom. The summed E-state index contributed by atoms with van der Waals surface area (Å²) < 4.78 is 66.5. The molecular weight excluding hydrogens is 373 g/mol. The Kier molecular flexibility index (Phi) is 6.01. The number of hydrogen-bond donors (Lipinski definition) is 3. The highest BCUT2D eigenvalue weighted by molar-refractivity contribution is 7.89. The van der Waals surface area contributed by atoms with Crippen LogP contribution >= 0.6 is 0 Å². The smallest absolute Gasteiger partial charge is 0.258 e. The standard InChI is InChI=1S/C16H15F3N2O4S/c1-9(8-22)21-26(24,25)11-3-5-13(17)12(7-11)16(23)20-10-2-4-14(18)15(19)6-10/h2-7,9,21-22H,8H2,1H3,(H,20,23). The number of aliphatic hydroxyl groups is 1. The predicted molar refractivity (Wildman–Crippen MR) is 87.6 cm³/mol. The zero-order valence-corrected chi connectivity index (χ0v) is 14.3. The molecule has 0 heterocycles. The second-order valence-corrected chi connectivity index (χ2v) is 7.14. The van der Waals surface area contributed by atoms with Crippen LogP contribution in [-0.4, -0.2) is 32.1 Å². The quantitative estimate of drug-likeness (QED) is 0.706. The first kappa shape index (κ1) is 19.9. The Morgan fingerprint density at radius 1 is 1.08 bits per heavy atom. The number of hydrogen-bond acceptors (Lipinski definition) is 4. The summed E-state index contributed by atoms with van der Waals surface area (Å²) in [5.74, 6) is -4.37. The molecule has 2 aromatic rings. The van der Waals surface area contributed by atoms with Crippen molar-refractivity contribution in [1.82, 2.24) is 4.72 Å². The lowest BCUT2D eigenvalue weighted by Gasteiger charge is -2.13. The van der Waals surface area contributed by atoms with Gasteiger partial charge in [-0.2, -0.15) is 0 Å². The molecule has 1 atom stereocenters. The van der Waals surface area contributed by atoms with E-state index in [0.717, 1.165) is 30.3 Å². The van der Waals surface area contributed by atoms with Crippen LogP contribution in [0.5, 0.6) is 0 Å². The minimum atomic E-state index is -4.10. The van der Waals surface area contributed by atoms with Crippen LogP contribution in [0.4, 0.5) is 18.9 Å². The van der Waals surface area contributed by atoms with Gasteiger partial charge in [0.2, 0.25) is 10.0 Å². The lowest BCUT2D eigenvalue weighted by Crippen LogP contribution is -2.35. The summed E-state index contributed by atoms with van der Waals surface area (Å²) in [5.41, 5.74) is -0.733. The number of rotatable bonds is 6. The van der Waals surface area contributed by atoms with Crippen molar-refractivity contribution in [2.75, 3.05) is 11.9 Å². The van der Waals surface area contributed by atoms with Crippen LogP contribution in [0.2, 0.25) is 0 Å². The summed E-state index contributed by atoms with van der Waals surface area (Å²) >= 11 is 0. The van der Waals surface area contributed by atoms with E-state index in [0.29, 0.717) is 6.07 Å². The summed E-state index contributed by atoms with van der Waals surface area (Å²) in [6.45, 7) is 0.960. The Labute approximate surface area is 147 Å². The highest BCUT2D eigenvalue weighted by Crippen LogP contribution is 2.19. The summed E-state index contributed by atoms with van der Waals surface area (Å²) in [6, 6.07) is 4.31. The lowest BCUT2D eigenvalue weighted by atomic mass is 10.2. The van der Waals surface area contributed by atoms with Gasteiger partial charge in [0.25, 0.3) is 5.91 Å². The van der Waals surface area contributed by atoms with Gasteiger partial charge in [0.05, 0.1) is 17.1 Å². The first-order chi connectivity index (χ1) is 12.1. The summed E-state index contributed by atoms with van der Waals surface area (Å²) in [4.78, 5) is 11.8. The molecule has 2 rings (SSSR count). The second kappa shape index (κ2) is 7.85. The van der Waals surface area contributed by atoms with Crippen LogP contribution in [0.1, 0.15) is 17.3 Å². The zero-order valence-electron chi connectivity index (χ0n) is 13.5. The molecule has 0 saturated heterocycles. The Balaban J connectivity index is 2.31. The SMILES string of the molecule is CC(CO)NS(=O)(=O)c1ccc(F)c(C(=O)Nc2ccc(F)c(F)c2)c1. The fraction of sp³-hybridized carbons (Fsp3) is 0.188. The molecule has 10 heteroatoms. The molecule has 0 aliphatic heterocycles. The molecule has 0 bridgehead atoms. The third-order valence-corrected chi connectivity index (χ3v) is 4.89. The van der Waals surface area contributed by atoms with E-state index in [1.165, 1.54) is 6.92 Å². The first-order valence-electron chi connectivity index (χ1n) is 7.33. The number of nitrogens with one attached hydrogen (secondary N) is 2. The molecule has 0 fully saturated rings. The third kappa shape index (κ3) is 4.59. The van der Waals surface area contributed by atoms with Crippen molar-refractivity contribution < 1.29 is 31.5 Å². The van der Waals surface area contributed by atoms with Crippen LogP contribution in [0.25, 0.3) is 0 Å². The Morgan fingerprint density at radius 2 is 1.73 bits per heavy atom. The van der Waals surface area contributed by atoms with Crippen LogP contribution in [0.15, 0.2) is 41.3 Å². The summed E-state index contributed by atoms with van der Waals surface area (Å²) in [6.07, 6.45) is 0. The molecular formula is C16H15F3N2O4S. The molecule has 0 saturated carbocycles. The number of carbonyl (C=O) groups is 1. The monoisotopic (exact) mass is 388 g/mol. The van der Waals surface area contributed by atoms with Gasteiger partial charge < -0.3 is 10.4 Å². The van der Waals surface area contributed by atoms with Gasteiger partial charge in [0.1, 0.15) is 5.82 Å². The number of aliphatic hydroxyl groups excluding tert-OH is 1. The molecule has 0 radical (unpaired) electrons. The maximum Gasteiger partial charge on any atom is 0.258 e. The fourth-order valence-corrected chi connectivity index (χ4v) is 3.25. The minimum Gasteiger partial charge on any atom is -0.395 e. The Hall–Kier alpha value is -2.43. The average molecular weight is 388 g/mol. The van der Waals surface area contributed by atoms with Gasteiger partial charge in [-0.25, -0.2) is 26.3 Å². The van der Waals surface area contributed by atoms with Gasteiger partial charge in [0, 0.05) is 17.8 Å². The number of benzene rings is 2. The normalized spacial score (nSPS) is 12.7. The van der Waals surface area contributed by atoms with E-state index in [9.17, 15) is 26.4 Å². The van der Waals surface area contributed by atoms with Gasteiger partial charge in [-0.1, -0.05) is 0 Å². The zero-order chi connectivity index (χ0) is 19.5. The molecule has 6 nitrogen and oxygen atoms in total. The number of carbonyl (C=O) groups excluding carboxylic acids is 1. The minimum absolute atomic E-state index is 0.131. The van der Waals surface area contributed by atoms with E-state index in [4.69, 9.17) is 5.11 Å². The van der Waals surface area contributed by atoms with E-state index in [2.05, 4.69) is 10.0 Å². The predicted octanol–water partition coefficient (Wildman–Crippen LogP) is 2.02. The average Bonchev–Trinajstić information content (AvgIpc) is 2.57. The van der Waals surface area contributed by atoms with Crippen molar-refractivity contribution in [1.29, 1.82) is 0 Å². The highest BCUT2D eigenvalue weighted by Gasteiger charge is 2.21. The molecule has 1 amide bonds. The van der Waals surface area contributed by atoms with Crippen LogP contribution < -0.4 is 10.0 Å². The van der Waals surface area contributed by atoms with Crippen molar-refractivity contribution in [3.8, 4) is 0 Å². The highest BCUT2D eigenvalue weighted by atomic mass is 32.2. The number of amides is 1. The molecule has 2 aromatic carbocycles. The van der Waals surface area contributed by atoms with E-state index in [-0.39, 0.29) is 5.69 Å². The molecule has 140 valence electrons. The van der Waals surface area contributed by atoms with Crippen molar-refractivity contribution in [2.24, 2.45) is 0 Å². The van der Waals surface area contributed by atoms with E-state index >= 15 is 0 Å². The number of halogens is 3. The summed E-state index contributed by atoms with van der Waals surface area (Å²) in [5, 5.41) is 11.1. The van der Waals surface area contributed by atoms with Crippen molar-refractivity contribution >= 4 is 21.6 Å². The van der Waals surface area contributed by atoms with Gasteiger partial charge in [-0.15, -0.1) is 0 Å². The largest absolute Gasteiger partial charge is 0.395 e. The molecule has 1 unspecified atom stereocenters. The molecule has 26 heavy (non-hydrogen) atoms. The van der Waals surface area contributed by atoms with Crippen molar-refractivity contribution in [3.63, 3.8) is 0 Å². The van der Waals surface area contributed by atoms with Gasteiger partial charge in [-0.3, -0.25) is 4.79 Å². The van der Waals surface area contributed by atoms with E-state index in [1.807, 2.05) is 0 Å². The van der Waals surface area contributed by atoms with Gasteiger partial charge in [0.15, 0.2) is 11.6 Å². The van der Waals surface area contributed by atoms with Crippen LogP contribution in [0, 0.1) is 17.5 Å². The van der Waals surface area contributed by atoms with Crippen molar-refractivity contribution in [3.05, 3.63) is 59.4 Å². The summed E-state index contributed by atoms with van der Waals surface area (Å²) in [7, 11) is -4.10. The van der Waals surface area contributed by atoms with E-state index in [1.54, 1.807) is 0 Å². The molecule has 3 N–H and O–H groups in total. The Bertz CT molecular complexity index is 935. The first-order valence-corrected chi connectivity index (χ1v) is 8.81. The number of sulfonamides is 1. The van der Waals surface area contributed by atoms with Gasteiger partial charge in [-0.05, 0) is 37.3 Å². The fourth-order valence-electron chi connectivity index (χ4n) is 1.99. The maximum atomic E-state index is 13.9. The van der Waals surface area contributed by atoms with Crippen LogP contribution in [0.3, 0.4) is 0 Å². The topological polar surface area (TPSA) is 95.5 Å². The van der Waals surface area contributed by atoms with Gasteiger partial charge >= 0.3 is 0 Å². The van der Waals surface area contributed by atoms with Crippen LogP contribution in [-0.2, 0) is 10.0 Å². The molecule has 0 aliphatic carbocycles. The number of anilines is 1. The third-order valence-electron chi connectivity index (χ3n) is 3.30. The molecule has 0 spiro atoms. The molecule has 0 aromatic heterocycles. The molecule has 0 aliphatic rings. The maximum absolute atomic E-state index is 13.9.